The Labute approximate surface area is 183 Å². The third kappa shape index (κ3) is 8.55. The molecule has 2 rings (SSSR count). The third-order valence-electron chi connectivity index (χ3n) is 3.50. The molecular formula is C18H20N6O7S. The maximum absolute atomic E-state index is 12.5. The number of hydrazone groups is 1. The van der Waals surface area contributed by atoms with Gasteiger partial charge >= 0.3 is 10.1 Å². The van der Waals surface area contributed by atoms with Crippen LogP contribution in [-0.4, -0.2) is 49.5 Å². The molecule has 0 aliphatic rings. The van der Waals surface area contributed by atoms with Gasteiger partial charge in [0.25, 0.3) is 5.09 Å². The van der Waals surface area contributed by atoms with Crippen LogP contribution in [0.2, 0.25) is 0 Å². The number of nitriles is 1. The van der Waals surface area contributed by atoms with Gasteiger partial charge < -0.3 is 19.9 Å². The molecule has 0 heterocycles. The molecule has 0 aliphatic carbocycles. The van der Waals surface area contributed by atoms with Gasteiger partial charge in [-0.05, 0) is 42.8 Å². The van der Waals surface area contributed by atoms with Crippen molar-refractivity contribution in [2.24, 2.45) is 10.8 Å². The quantitative estimate of drug-likeness (QED) is 0.168. The summed E-state index contributed by atoms with van der Waals surface area (Å²) in [4.78, 5) is 8.24. The Morgan fingerprint density at radius 3 is 2.56 bits per heavy atom. The predicted octanol–water partition coefficient (Wildman–Crippen LogP) is 1.48. The molecule has 0 aromatic heterocycles. The summed E-state index contributed by atoms with van der Waals surface area (Å²) in [5.74, 6) is 0.184. The number of ether oxygens (including phenoxy) is 1. The van der Waals surface area contributed by atoms with E-state index in [4.69, 9.17) is 40.6 Å². The SMILES string of the molecule is C=NN(CCOc1cc(C)cc(OS(=O)(=O)c2cccc(C#N)c2)c1)C(=N)N.O=[N+]([O-])O. The number of benzene rings is 2. The van der Waals surface area contributed by atoms with Gasteiger partial charge in [-0.2, -0.15) is 18.8 Å². The number of aryl methyl sites for hydroxylation is 1. The second-order valence-electron chi connectivity index (χ2n) is 5.89. The number of nitrogens with zero attached hydrogens (tertiary/aromatic N) is 4. The second-order valence-corrected chi connectivity index (χ2v) is 7.44. The maximum atomic E-state index is 12.5. The summed E-state index contributed by atoms with van der Waals surface area (Å²) < 4.78 is 35.7. The molecule has 0 radical (unpaired) electrons. The Morgan fingerprint density at radius 1 is 1.38 bits per heavy atom. The number of nitrogens with one attached hydrogen (secondary N) is 1. The van der Waals surface area contributed by atoms with E-state index in [9.17, 15) is 8.42 Å². The standard InChI is InChI=1S/C18H19N5O4S.HNO3/c1-13-8-15(26-7-6-23(22-2)18(20)21)11-16(9-13)27-28(24,25)17-5-3-4-14(10-17)12-19;2-1(3)4/h3-5,8-11H,2,6-7H2,1H3,(H3,20,21);(H,2,3,4). The zero-order valence-electron chi connectivity index (χ0n) is 16.8. The van der Waals surface area contributed by atoms with Crippen molar-refractivity contribution in [3.05, 3.63) is 63.7 Å². The lowest BCUT2D eigenvalue weighted by Gasteiger charge is -2.16. The van der Waals surface area contributed by atoms with Crippen LogP contribution in [-0.2, 0) is 10.1 Å². The van der Waals surface area contributed by atoms with Gasteiger partial charge in [0.15, 0.2) is 0 Å². The zero-order valence-corrected chi connectivity index (χ0v) is 17.7. The fourth-order valence-corrected chi connectivity index (χ4v) is 3.22. The van der Waals surface area contributed by atoms with Crippen LogP contribution in [0, 0.1) is 33.8 Å². The lowest BCUT2D eigenvalue weighted by Crippen LogP contribution is -2.34. The van der Waals surface area contributed by atoms with Gasteiger partial charge in [-0.3, -0.25) is 5.41 Å². The smallest absolute Gasteiger partial charge is 0.339 e. The molecule has 0 saturated heterocycles. The van der Waals surface area contributed by atoms with Crippen LogP contribution in [0.4, 0.5) is 0 Å². The van der Waals surface area contributed by atoms with Crippen molar-refractivity contribution in [3.8, 4) is 17.6 Å². The first-order chi connectivity index (χ1) is 15.0. The van der Waals surface area contributed by atoms with E-state index >= 15 is 0 Å². The fraction of sp³-hybridized carbons (Fsp3) is 0.167. The average Bonchev–Trinajstić information content (AvgIpc) is 2.70. The summed E-state index contributed by atoms with van der Waals surface area (Å²) in [5, 5.41) is 34.6. The summed E-state index contributed by atoms with van der Waals surface area (Å²) in [6.45, 7) is 5.40. The van der Waals surface area contributed by atoms with E-state index in [0.29, 0.717) is 5.75 Å². The van der Waals surface area contributed by atoms with Crippen LogP contribution in [0.25, 0.3) is 0 Å². The molecule has 0 saturated carbocycles. The van der Waals surface area contributed by atoms with E-state index in [1.807, 2.05) is 6.07 Å². The van der Waals surface area contributed by atoms with E-state index in [2.05, 4.69) is 11.8 Å². The molecule has 0 bridgehead atoms. The molecule has 13 nitrogen and oxygen atoms in total. The van der Waals surface area contributed by atoms with E-state index < -0.39 is 15.2 Å². The Kier molecular flexibility index (Phi) is 9.39. The topological polar surface area (TPSA) is 205 Å². The van der Waals surface area contributed by atoms with Crippen LogP contribution in [0.15, 0.2) is 52.5 Å². The third-order valence-corrected chi connectivity index (χ3v) is 4.75. The number of hydrogen-bond acceptors (Lipinski definition) is 9. The average molecular weight is 464 g/mol. The van der Waals surface area contributed by atoms with E-state index in [-0.39, 0.29) is 35.3 Å². The monoisotopic (exact) mass is 464 g/mol. The van der Waals surface area contributed by atoms with Crippen molar-refractivity contribution in [2.75, 3.05) is 13.2 Å². The van der Waals surface area contributed by atoms with Gasteiger partial charge in [0.05, 0.1) is 18.2 Å². The lowest BCUT2D eigenvalue weighted by atomic mass is 10.2. The highest BCUT2D eigenvalue weighted by Crippen LogP contribution is 2.26. The first-order valence-electron chi connectivity index (χ1n) is 8.59. The van der Waals surface area contributed by atoms with E-state index in [0.717, 1.165) is 10.6 Å². The normalized spacial score (nSPS) is 10.0. The largest absolute Gasteiger partial charge is 0.492 e. The number of nitrogens with two attached hydrogens (primary N) is 1. The van der Waals surface area contributed by atoms with Gasteiger partial charge in [0, 0.05) is 12.8 Å². The molecule has 32 heavy (non-hydrogen) atoms. The van der Waals surface area contributed by atoms with Crippen LogP contribution >= 0.6 is 0 Å². The molecule has 170 valence electrons. The molecule has 2 aromatic rings. The van der Waals surface area contributed by atoms with E-state index in [1.165, 1.54) is 30.3 Å². The zero-order chi connectivity index (χ0) is 24.3. The molecular weight excluding hydrogens is 444 g/mol. The predicted molar refractivity (Wildman–Crippen MR) is 113 cm³/mol. The van der Waals surface area contributed by atoms with Crippen LogP contribution in [0.5, 0.6) is 11.5 Å². The van der Waals surface area contributed by atoms with Crippen LogP contribution < -0.4 is 14.7 Å². The highest BCUT2D eigenvalue weighted by Gasteiger charge is 2.18. The molecule has 2 aromatic carbocycles. The Bertz CT molecular complexity index is 1130. The van der Waals surface area contributed by atoms with Crippen molar-refractivity contribution in [3.63, 3.8) is 0 Å². The first-order valence-corrected chi connectivity index (χ1v) is 10.00. The van der Waals surface area contributed by atoms with E-state index in [1.54, 1.807) is 19.1 Å². The Morgan fingerprint density at radius 2 is 2.00 bits per heavy atom. The summed E-state index contributed by atoms with van der Waals surface area (Å²) in [6, 6.07) is 12.1. The minimum atomic E-state index is -4.11. The summed E-state index contributed by atoms with van der Waals surface area (Å²) in [7, 11) is -4.11. The highest BCUT2D eigenvalue weighted by molar-refractivity contribution is 7.87. The summed E-state index contributed by atoms with van der Waals surface area (Å²) >= 11 is 0. The van der Waals surface area contributed by atoms with Gasteiger partial charge in [0.2, 0.25) is 5.96 Å². The molecule has 0 aliphatic heterocycles. The lowest BCUT2D eigenvalue weighted by molar-refractivity contribution is -0.742. The van der Waals surface area contributed by atoms with Crippen LogP contribution in [0.1, 0.15) is 11.1 Å². The Hall–Kier alpha value is -4.38. The number of rotatable bonds is 8. The van der Waals surface area contributed by atoms with Crippen molar-refractivity contribution in [2.45, 2.75) is 11.8 Å². The van der Waals surface area contributed by atoms with Crippen molar-refractivity contribution in [1.29, 1.82) is 10.7 Å². The molecule has 0 amide bonds. The minimum Gasteiger partial charge on any atom is -0.492 e. The second kappa shape index (κ2) is 11.7. The molecule has 14 heteroatoms. The van der Waals surface area contributed by atoms with Gasteiger partial charge in [-0.25, -0.2) is 5.01 Å². The maximum Gasteiger partial charge on any atom is 0.339 e. The first kappa shape index (κ1) is 25.7. The molecule has 0 fully saturated rings. The van der Waals surface area contributed by atoms with Crippen molar-refractivity contribution >= 4 is 22.8 Å². The Balaban J connectivity index is 0.00000118. The molecule has 0 atom stereocenters. The van der Waals surface area contributed by atoms with Gasteiger partial charge in [-0.15, -0.1) is 10.1 Å². The highest BCUT2D eigenvalue weighted by atomic mass is 32.2. The van der Waals surface area contributed by atoms with Crippen molar-refractivity contribution in [1.82, 2.24) is 5.01 Å². The number of hydrogen-bond donors (Lipinski definition) is 3. The summed E-state index contributed by atoms with van der Waals surface area (Å²) in [6.07, 6.45) is 0. The van der Waals surface area contributed by atoms with Gasteiger partial charge in [0.1, 0.15) is 23.0 Å². The van der Waals surface area contributed by atoms with Gasteiger partial charge in [-0.1, -0.05) is 6.07 Å². The molecule has 0 spiro atoms. The van der Waals surface area contributed by atoms with Crippen molar-refractivity contribution < 1.29 is 27.6 Å². The molecule has 0 unspecified atom stereocenters. The minimum absolute atomic E-state index is 0.0719. The number of guanidine groups is 1. The molecule has 4 N–H and O–H groups in total. The summed E-state index contributed by atoms with van der Waals surface area (Å²) in [5.41, 5.74) is 6.27. The fourth-order valence-electron chi connectivity index (χ4n) is 2.26. The van der Waals surface area contributed by atoms with Crippen LogP contribution in [0.3, 0.4) is 0 Å².